The van der Waals surface area contributed by atoms with Gasteiger partial charge in [0.05, 0.1) is 4.90 Å². The third kappa shape index (κ3) is 3.98. The molecule has 1 aliphatic rings. The van der Waals surface area contributed by atoms with E-state index in [9.17, 15) is 22.8 Å². The van der Waals surface area contributed by atoms with Crippen LogP contribution in [0, 0.1) is 5.92 Å². The maximum atomic E-state index is 12.4. The summed E-state index contributed by atoms with van der Waals surface area (Å²) in [5, 5.41) is 4.74. The van der Waals surface area contributed by atoms with Gasteiger partial charge >= 0.3 is 0 Å². The number of carbonyl (C=O) groups excluding carboxylic acids is 3. The number of hydrogen-bond acceptors (Lipinski definition) is 5. The highest BCUT2D eigenvalue weighted by Crippen LogP contribution is 2.12. The van der Waals surface area contributed by atoms with Gasteiger partial charge in [-0.1, -0.05) is 32.0 Å². The molecular formula is C15H19N3O5S. The van der Waals surface area contributed by atoms with Crippen molar-refractivity contribution in [3.8, 4) is 0 Å². The highest BCUT2D eigenvalue weighted by Gasteiger charge is 2.36. The van der Waals surface area contributed by atoms with Gasteiger partial charge in [0.25, 0.3) is 5.91 Å². The molecule has 0 spiro atoms. The third-order valence-corrected chi connectivity index (χ3v) is 5.07. The van der Waals surface area contributed by atoms with E-state index in [1.807, 2.05) is 0 Å². The van der Waals surface area contributed by atoms with Crippen molar-refractivity contribution in [2.75, 3.05) is 6.54 Å². The van der Waals surface area contributed by atoms with Crippen molar-refractivity contribution in [2.45, 2.75) is 30.8 Å². The van der Waals surface area contributed by atoms with Crippen LogP contribution < -0.4 is 15.4 Å². The minimum absolute atomic E-state index is 0.000340. The van der Waals surface area contributed by atoms with Crippen molar-refractivity contribution >= 4 is 27.6 Å². The zero-order chi connectivity index (χ0) is 17.9. The molecule has 1 heterocycles. The Morgan fingerprint density at radius 3 is 2.33 bits per heavy atom. The average molecular weight is 353 g/mol. The zero-order valence-electron chi connectivity index (χ0n) is 13.3. The van der Waals surface area contributed by atoms with Crippen LogP contribution in [0.5, 0.6) is 0 Å². The SMILES string of the molecule is CC(C)C(NS(=O)(=O)c1ccccc1)C(=O)NC1CNC(=O)C1=O. The molecule has 2 rings (SSSR count). The molecular weight excluding hydrogens is 334 g/mol. The molecule has 1 aliphatic heterocycles. The molecule has 24 heavy (non-hydrogen) atoms. The lowest BCUT2D eigenvalue weighted by molar-refractivity contribution is -0.136. The molecule has 1 aromatic rings. The van der Waals surface area contributed by atoms with Crippen molar-refractivity contribution in [3.05, 3.63) is 30.3 Å². The Bertz CT molecular complexity index is 746. The first kappa shape index (κ1) is 18.1. The van der Waals surface area contributed by atoms with Gasteiger partial charge in [-0.3, -0.25) is 14.4 Å². The lowest BCUT2D eigenvalue weighted by Gasteiger charge is -2.23. The van der Waals surface area contributed by atoms with Crippen molar-refractivity contribution in [3.63, 3.8) is 0 Å². The fourth-order valence-corrected chi connectivity index (χ4v) is 3.60. The normalized spacial score (nSPS) is 19.2. The van der Waals surface area contributed by atoms with Crippen LogP contribution in [-0.2, 0) is 24.4 Å². The fraction of sp³-hybridized carbons (Fsp3) is 0.400. The summed E-state index contributed by atoms with van der Waals surface area (Å²) in [6.07, 6.45) is 0. The predicted molar refractivity (Wildman–Crippen MR) is 85.3 cm³/mol. The Hall–Kier alpha value is -2.26. The number of carbonyl (C=O) groups is 3. The van der Waals surface area contributed by atoms with Gasteiger partial charge in [0.2, 0.25) is 21.7 Å². The highest BCUT2D eigenvalue weighted by molar-refractivity contribution is 7.89. The number of ketones is 1. The topological polar surface area (TPSA) is 121 Å². The van der Waals surface area contributed by atoms with Crippen molar-refractivity contribution in [1.29, 1.82) is 0 Å². The standard InChI is InChI=1S/C15H19N3O5S/c1-9(2)12(14(20)17-11-8-16-15(21)13(11)19)18-24(22,23)10-6-4-3-5-7-10/h3-7,9,11-12,18H,8H2,1-2H3,(H,16,21)(H,17,20). The molecule has 0 radical (unpaired) electrons. The van der Waals surface area contributed by atoms with Crippen LogP contribution in [-0.4, -0.2) is 44.6 Å². The van der Waals surface area contributed by atoms with E-state index in [0.29, 0.717) is 0 Å². The first-order chi connectivity index (χ1) is 11.2. The second-order valence-corrected chi connectivity index (χ2v) is 7.51. The Kier molecular flexibility index (Phi) is 5.35. The minimum Gasteiger partial charge on any atom is -0.347 e. The van der Waals surface area contributed by atoms with Gasteiger partial charge in [0.15, 0.2) is 0 Å². The summed E-state index contributed by atoms with van der Waals surface area (Å²) in [5.41, 5.74) is 0. The molecule has 1 aromatic carbocycles. The first-order valence-electron chi connectivity index (χ1n) is 7.42. The van der Waals surface area contributed by atoms with Gasteiger partial charge in [-0.15, -0.1) is 0 Å². The number of sulfonamides is 1. The lowest BCUT2D eigenvalue weighted by Crippen LogP contribution is -2.53. The molecule has 2 amide bonds. The molecule has 1 saturated heterocycles. The Balaban J connectivity index is 2.13. The molecule has 8 nitrogen and oxygen atoms in total. The Morgan fingerprint density at radius 1 is 1.21 bits per heavy atom. The highest BCUT2D eigenvalue weighted by atomic mass is 32.2. The van der Waals surface area contributed by atoms with Gasteiger partial charge in [-0.05, 0) is 18.1 Å². The lowest BCUT2D eigenvalue weighted by atomic mass is 10.0. The second-order valence-electron chi connectivity index (χ2n) is 5.79. The number of Topliss-reactive ketones (excluding diaryl/α,β-unsaturated/α-hetero) is 1. The summed E-state index contributed by atoms with van der Waals surface area (Å²) < 4.78 is 27.1. The first-order valence-corrected chi connectivity index (χ1v) is 8.90. The smallest absolute Gasteiger partial charge is 0.289 e. The number of amides is 2. The van der Waals surface area contributed by atoms with Gasteiger partial charge in [0.1, 0.15) is 12.1 Å². The number of hydrogen-bond donors (Lipinski definition) is 3. The summed E-state index contributed by atoms with van der Waals surface area (Å²) in [4.78, 5) is 35.1. The monoisotopic (exact) mass is 353 g/mol. The van der Waals surface area contributed by atoms with E-state index in [2.05, 4.69) is 15.4 Å². The van der Waals surface area contributed by atoms with E-state index in [1.165, 1.54) is 12.1 Å². The molecule has 1 fully saturated rings. The van der Waals surface area contributed by atoms with E-state index in [1.54, 1.807) is 32.0 Å². The Morgan fingerprint density at radius 2 is 1.83 bits per heavy atom. The van der Waals surface area contributed by atoms with E-state index < -0.39 is 39.7 Å². The van der Waals surface area contributed by atoms with Crippen LogP contribution >= 0.6 is 0 Å². The summed E-state index contributed by atoms with van der Waals surface area (Å²) in [6.45, 7) is 3.36. The number of benzene rings is 1. The summed E-state index contributed by atoms with van der Waals surface area (Å²) in [5.74, 6) is -2.51. The second kappa shape index (κ2) is 7.10. The maximum Gasteiger partial charge on any atom is 0.289 e. The summed E-state index contributed by atoms with van der Waals surface area (Å²) >= 11 is 0. The van der Waals surface area contributed by atoms with Crippen LogP contribution in [0.2, 0.25) is 0 Å². The third-order valence-electron chi connectivity index (χ3n) is 3.61. The van der Waals surface area contributed by atoms with Crippen molar-refractivity contribution in [2.24, 2.45) is 5.92 Å². The van der Waals surface area contributed by atoms with E-state index in [-0.39, 0.29) is 17.4 Å². The molecule has 0 bridgehead atoms. The molecule has 130 valence electrons. The molecule has 2 unspecified atom stereocenters. The number of nitrogens with one attached hydrogen (secondary N) is 3. The maximum absolute atomic E-state index is 12.4. The molecule has 0 aliphatic carbocycles. The van der Waals surface area contributed by atoms with Crippen molar-refractivity contribution in [1.82, 2.24) is 15.4 Å². The number of rotatable bonds is 6. The fourth-order valence-electron chi connectivity index (χ4n) is 2.24. The summed E-state index contributed by atoms with van der Waals surface area (Å²) in [7, 11) is -3.89. The molecule has 0 aromatic heterocycles. The van der Waals surface area contributed by atoms with E-state index >= 15 is 0 Å². The van der Waals surface area contributed by atoms with Crippen LogP contribution in [0.4, 0.5) is 0 Å². The van der Waals surface area contributed by atoms with Crippen LogP contribution in [0.3, 0.4) is 0 Å². The quantitative estimate of drug-likeness (QED) is 0.577. The van der Waals surface area contributed by atoms with Gasteiger partial charge in [-0.25, -0.2) is 8.42 Å². The minimum atomic E-state index is -3.89. The molecule has 0 saturated carbocycles. The largest absolute Gasteiger partial charge is 0.347 e. The van der Waals surface area contributed by atoms with Gasteiger partial charge in [-0.2, -0.15) is 4.72 Å². The molecule has 3 N–H and O–H groups in total. The molecule has 2 atom stereocenters. The van der Waals surface area contributed by atoms with Crippen LogP contribution in [0.15, 0.2) is 35.2 Å². The van der Waals surface area contributed by atoms with Gasteiger partial charge < -0.3 is 10.6 Å². The average Bonchev–Trinajstić information content (AvgIpc) is 2.85. The van der Waals surface area contributed by atoms with Crippen LogP contribution in [0.25, 0.3) is 0 Å². The van der Waals surface area contributed by atoms with E-state index in [4.69, 9.17) is 0 Å². The summed E-state index contributed by atoms with van der Waals surface area (Å²) in [6, 6.07) is 5.62. The van der Waals surface area contributed by atoms with Crippen LogP contribution in [0.1, 0.15) is 13.8 Å². The van der Waals surface area contributed by atoms with Gasteiger partial charge in [0, 0.05) is 6.54 Å². The zero-order valence-corrected chi connectivity index (χ0v) is 14.1. The van der Waals surface area contributed by atoms with Crippen molar-refractivity contribution < 1.29 is 22.8 Å². The van der Waals surface area contributed by atoms with E-state index in [0.717, 1.165) is 0 Å². The Labute approximate surface area is 140 Å². The molecule has 9 heteroatoms. The predicted octanol–water partition coefficient (Wildman–Crippen LogP) is -0.827.